The van der Waals surface area contributed by atoms with E-state index in [1.54, 1.807) is 23.9 Å². The van der Waals surface area contributed by atoms with Crippen molar-refractivity contribution in [2.24, 2.45) is 0 Å². The van der Waals surface area contributed by atoms with E-state index in [4.69, 9.17) is 30.9 Å². The molecule has 0 aliphatic heterocycles. The number of aliphatic hydroxyl groups is 1. The number of aryl methyl sites for hydroxylation is 1. The third-order valence-electron chi connectivity index (χ3n) is 5.19. The van der Waals surface area contributed by atoms with Crippen LogP contribution in [0, 0.1) is 6.92 Å². The first kappa shape index (κ1) is 25.9. The second-order valence-electron chi connectivity index (χ2n) is 7.86. The second-order valence-corrected chi connectivity index (χ2v) is 8.26. The lowest BCUT2D eigenvalue weighted by Gasteiger charge is -2.25. The first-order valence-electron chi connectivity index (χ1n) is 11.2. The fourth-order valence-electron chi connectivity index (χ4n) is 3.52. The van der Waals surface area contributed by atoms with Gasteiger partial charge in [-0.15, -0.1) is 6.58 Å². The van der Waals surface area contributed by atoms with Crippen LogP contribution in [0.1, 0.15) is 11.3 Å². The Labute approximate surface area is 206 Å². The van der Waals surface area contributed by atoms with Crippen LogP contribution >= 0.6 is 11.6 Å². The number of nitrogens with zero attached hydrogens (tertiary/aromatic N) is 3. The van der Waals surface area contributed by atoms with E-state index in [1.165, 1.54) is 0 Å². The van der Waals surface area contributed by atoms with E-state index in [2.05, 4.69) is 11.5 Å². The highest BCUT2D eigenvalue weighted by molar-refractivity contribution is 6.32. The van der Waals surface area contributed by atoms with E-state index < -0.39 is 6.10 Å². The zero-order valence-corrected chi connectivity index (χ0v) is 20.4. The van der Waals surface area contributed by atoms with E-state index in [0.717, 1.165) is 16.9 Å². The van der Waals surface area contributed by atoms with E-state index in [0.29, 0.717) is 49.5 Å². The number of methoxy groups -OCH3 is 1. The summed E-state index contributed by atoms with van der Waals surface area (Å²) < 4.78 is 18.9. The normalized spacial score (nSPS) is 12.1. The summed E-state index contributed by atoms with van der Waals surface area (Å²) >= 11 is 6.40. The minimum Gasteiger partial charge on any atom is -0.437 e. The van der Waals surface area contributed by atoms with Gasteiger partial charge in [0.05, 0.1) is 47.9 Å². The number of halogens is 1. The smallest absolute Gasteiger partial charge is 0.227 e. The molecule has 0 unspecified atom stereocenters. The van der Waals surface area contributed by atoms with Crippen LogP contribution < -0.4 is 4.74 Å². The van der Waals surface area contributed by atoms with Crippen molar-refractivity contribution in [2.45, 2.75) is 19.6 Å². The Kier molecular flexibility index (Phi) is 10.1. The van der Waals surface area contributed by atoms with Gasteiger partial charge in [0.1, 0.15) is 5.75 Å². The molecule has 1 aromatic heterocycles. The van der Waals surface area contributed by atoms with Crippen LogP contribution in [0.5, 0.6) is 11.6 Å². The van der Waals surface area contributed by atoms with Crippen molar-refractivity contribution >= 4 is 11.6 Å². The Morgan fingerprint density at radius 2 is 1.91 bits per heavy atom. The lowest BCUT2D eigenvalue weighted by Crippen LogP contribution is -2.36. The molecule has 3 rings (SSSR count). The molecule has 0 fully saturated rings. The fraction of sp³-hybridized carbons (Fsp3) is 0.346. The first-order chi connectivity index (χ1) is 16.5. The molecule has 0 radical (unpaired) electrons. The number of aliphatic hydroxyl groups excluding tert-OH is 1. The predicted molar refractivity (Wildman–Crippen MR) is 134 cm³/mol. The van der Waals surface area contributed by atoms with E-state index >= 15 is 0 Å². The number of rotatable bonds is 14. The Balaban J connectivity index is 1.93. The number of benzene rings is 2. The van der Waals surface area contributed by atoms with E-state index in [-0.39, 0.29) is 6.61 Å². The molecular weight excluding hydrogens is 454 g/mol. The standard InChI is InChI=1S/C26H32ClN3O4/c1-4-15-33-19-22(31)17-29(14-16-32-3)18-23-20(2)28-30(21-10-6-5-7-11-21)26(23)34-25-13-9-8-12-24(25)27/h4-13,22,31H,1,14-19H2,2-3H3/t22-/m0/s1. The van der Waals surface area contributed by atoms with Crippen LogP contribution in [-0.2, 0) is 16.0 Å². The molecule has 3 aromatic rings. The van der Waals surface area contributed by atoms with Gasteiger partial charge in [0.15, 0.2) is 0 Å². The Morgan fingerprint density at radius 1 is 1.18 bits per heavy atom. The molecule has 0 saturated carbocycles. The van der Waals surface area contributed by atoms with Crippen molar-refractivity contribution in [3.63, 3.8) is 0 Å². The molecule has 0 saturated heterocycles. The molecule has 182 valence electrons. The van der Waals surface area contributed by atoms with Gasteiger partial charge in [0, 0.05) is 26.7 Å². The highest BCUT2D eigenvalue weighted by atomic mass is 35.5. The van der Waals surface area contributed by atoms with Gasteiger partial charge in [0.2, 0.25) is 5.88 Å². The summed E-state index contributed by atoms with van der Waals surface area (Å²) in [6.45, 7) is 8.25. The average molecular weight is 486 g/mol. The van der Waals surface area contributed by atoms with Crippen molar-refractivity contribution in [2.75, 3.05) is 40.0 Å². The summed E-state index contributed by atoms with van der Waals surface area (Å²) in [6, 6.07) is 17.2. The summed E-state index contributed by atoms with van der Waals surface area (Å²) in [5.41, 5.74) is 2.60. The minimum absolute atomic E-state index is 0.223. The van der Waals surface area contributed by atoms with Crippen LogP contribution in [0.25, 0.3) is 5.69 Å². The maximum Gasteiger partial charge on any atom is 0.227 e. The van der Waals surface area contributed by atoms with E-state index in [1.807, 2.05) is 55.5 Å². The highest BCUT2D eigenvalue weighted by Gasteiger charge is 2.23. The van der Waals surface area contributed by atoms with Gasteiger partial charge in [-0.25, -0.2) is 4.68 Å². The largest absolute Gasteiger partial charge is 0.437 e. The lowest BCUT2D eigenvalue weighted by atomic mass is 10.2. The Bertz CT molecular complexity index is 1040. The fourth-order valence-corrected chi connectivity index (χ4v) is 3.69. The predicted octanol–water partition coefficient (Wildman–Crippen LogP) is 4.64. The molecule has 0 amide bonds. The molecule has 34 heavy (non-hydrogen) atoms. The van der Waals surface area contributed by atoms with Crippen molar-refractivity contribution in [1.82, 2.24) is 14.7 Å². The Hall–Kier alpha value is -2.68. The van der Waals surface area contributed by atoms with Crippen molar-refractivity contribution < 1.29 is 19.3 Å². The number of ether oxygens (including phenoxy) is 3. The third kappa shape index (κ3) is 7.16. The number of hydrogen-bond donors (Lipinski definition) is 1. The highest BCUT2D eigenvalue weighted by Crippen LogP contribution is 2.34. The molecular formula is C26H32ClN3O4. The van der Waals surface area contributed by atoms with Gasteiger partial charge in [-0.1, -0.05) is 48.0 Å². The molecule has 1 N–H and O–H groups in total. The van der Waals surface area contributed by atoms with Gasteiger partial charge in [-0.3, -0.25) is 4.90 Å². The van der Waals surface area contributed by atoms with Crippen LogP contribution in [-0.4, -0.2) is 65.9 Å². The van der Waals surface area contributed by atoms with Crippen LogP contribution in [0.15, 0.2) is 67.3 Å². The summed E-state index contributed by atoms with van der Waals surface area (Å²) in [6.07, 6.45) is 1.00. The molecule has 0 aliphatic carbocycles. The van der Waals surface area contributed by atoms with Crippen molar-refractivity contribution in [1.29, 1.82) is 0 Å². The molecule has 1 atom stereocenters. The van der Waals surface area contributed by atoms with Crippen molar-refractivity contribution in [3.05, 3.63) is 83.5 Å². The molecule has 8 heteroatoms. The third-order valence-corrected chi connectivity index (χ3v) is 5.50. The van der Waals surface area contributed by atoms with Gasteiger partial charge in [-0.05, 0) is 31.2 Å². The Morgan fingerprint density at radius 3 is 2.62 bits per heavy atom. The van der Waals surface area contributed by atoms with Gasteiger partial charge < -0.3 is 19.3 Å². The van der Waals surface area contributed by atoms with Gasteiger partial charge >= 0.3 is 0 Å². The first-order valence-corrected chi connectivity index (χ1v) is 11.6. The summed E-state index contributed by atoms with van der Waals surface area (Å²) in [7, 11) is 1.66. The number of para-hydroxylation sites is 2. The topological polar surface area (TPSA) is 69.0 Å². The van der Waals surface area contributed by atoms with Crippen LogP contribution in [0.3, 0.4) is 0 Å². The zero-order valence-electron chi connectivity index (χ0n) is 19.7. The van der Waals surface area contributed by atoms with Crippen LogP contribution in [0.4, 0.5) is 0 Å². The summed E-state index contributed by atoms with van der Waals surface area (Å²) in [5, 5.41) is 15.8. The molecule has 0 bridgehead atoms. The lowest BCUT2D eigenvalue weighted by molar-refractivity contribution is 0.0192. The summed E-state index contributed by atoms with van der Waals surface area (Å²) in [5.74, 6) is 1.13. The molecule has 1 heterocycles. The SMILES string of the molecule is C=CCOC[C@@H](O)CN(CCOC)Cc1c(C)nn(-c2ccccc2)c1Oc1ccccc1Cl. The van der Waals surface area contributed by atoms with Gasteiger partial charge in [-0.2, -0.15) is 5.10 Å². The van der Waals surface area contributed by atoms with Crippen LogP contribution in [0.2, 0.25) is 5.02 Å². The van der Waals surface area contributed by atoms with E-state index in [9.17, 15) is 5.11 Å². The maximum absolute atomic E-state index is 10.5. The second kappa shape index (κ2) is 13.3. The quantitative estimate of drug-likeness (QED) is 0.265. The zero-order chi connectivity index (χ0) is 24.3. The average Bonchev–Trinajstić information content (AvgIpc) is 3.14. The molecule has 2 aromatic carbocycles. The molecule has 7 nitrogen and oxygen atoms in total. The van der Waals surface area contributed by atoms with Crippen molar-refractivity contribution in [3.8, 4) is 17.3 Å². The maximum atomic E-state index is 10.5. The summed E-state index contributed by atoms with van der Waals surface area (Å²) in [4.78, 5) is 2.10. The number of aromatic nitrogens is 2. The monoisotopic (exact) mass is 485 g/mol. The van der Waals surface area contributed by atoms with Gasteiger partial charge in [0.25, 0.3) is 0 Å². The minimum atomic E-state index is -0.658. The number of hydrogen-bond acceptors (Lipinski definition) is 6. The molecule has 0 aliphatic rings. The molecule has 0 spiro atoms.